The van der Waals surface area contributed by atoms with E-state index in [4.69, 9.17) is 8.83 Å². The molecule has 0 amide bonds. The van der Waals surface area contributed by atoms with Crippen LogP contribution in [0.15, 0.2) is 154 Å². The molecular formula is C42H24B2O2. The summed E-state index contributed by atoms with van der Waals surface area (Å²) in [4.78, 5) is 0. The van der Waals surface area contributed by atoms with Crippen molar-refractivity contribution in [2.75, 3.05) is 0 Å². The van der Waals surface area contributed by atoms with Crippen LogP contribution in [0.5, 0.6) is 0 Å². The van der Waals surface area contributed by atoms with Crippen LogP contribution in [-0.4, -0.2) is 13.4 Å². The molecule has 0 unspecified atom stereocenters. The second kappa shape index (κ2) is 8.93. The van der Waals surface area contributed by atoms with Gasteiger partial charge in [0.2, 0.25) is 13.4 Å². The molecule has 210 valence electrons. The molecule has 9 aromatic rings. The molecule has 0 aliphatic carbocycles. The lowest BCUT2D eigenvalue weighted by Gasteiger charge is -2.18. The molecule has 0 saturated carbocycles. The van der Waals surface area contributed by atoms with E-state index in [1.807, 2.05) is 0 Å². The molecule has 46 heavy (non-hydrogen) atoms. The van der Waals surface area contributed by atoms with Gasteiger partial charge in [0.1, 0.15) is 22.3 Å². The number of benzene rings is 7. The van der Waals surface area contributed by atoms with Crippen molar-refractivity contribution >= 4 is 90.1 Å². The third-order valence-corrected chi connectivity index (χ3v) is 10.5. The molecule has 0 bridgehead atoms. The quantitative estimate of drug-likeness (QED) is 0.218. The molecule has 2 aliphatic heterocycles. The van der Waals surface area contributed by atoms with Gasteiger partial charge in [-0.05, 0) is 45.3 Å². The van der Waals surface area contributed by atoms with Crippen LogP contribution in [-0.2, 0) is 0 Å². The van der Waals surface area contributed by atoms with Crippen molar-refractivity contribution in [3.63, 3.8) is 0 Å². The van der Waals surface area contributed by atoms with Gasteiger partial charge in [-0.1, -0.05) is 155 Å². The average molecular weight is 582 g/mol. The minimum atomic E-state index is -0.00355. The van der Waals surface area contributed by atoms with E-state index in [-0.39, 0.29) is 13.4 Å². The van der Waals surface area contributed by atoms with E-state index in [1.54, 1.807) is 0 Å². The molecule has 11 rings (SSSR count). The molecule has 0 spiro atoms. The number of hydrogen-bond donors (Lipinski definition) is 0. The lowest BCUT2D eigenvalue weighted by molar-refractivity contribution is 0.667. The Bertz CT molecular complexity index is 2450. The van der Waals surface area contributed by atoms with Gasteiger partial charge in [0.05, 0.1) is 0 Å². The second-order valence-electron chi connectivity index (χ2n) is 12.6. The van der Waals surface area contributed by atoms with Gasteiger partial charge in [0.15, 0.2) is 0 Å². The summed E-state index contributed by atoms with van der Waals surface area (Å²) in [7, 11) is 0. The molecule has 0 atom stereocenters. The highest BCUT2D eigenvalue weighted by Gasteiger charge is 2.42. The van der Waals surface area contributed by atoms with E-state index in [0.717, 1.165) is 43.9 Å². The van der Waals surface area contributed by atoms with Crippen molar-refractivity contribution < 1.29 is 8.83 Å². The Balaban J connectivity index is 1.39. The Labute approximate surface area is 266 Å². The van der Waals surface area contributed by atoms with Gasteiger partial charge < -0.3 is 8.83 Å². The zero-order valence-electron chi connectivity index (χ0n) is 24.8. The molecule has 2 nitrogen and oxygen atoms in total. The fraction of sp³-hybridized carbons (Fsp3) is 0. The first-order valence-electron chi connectivity index (χ1n) is 16.0. The van der Waals surface area contributed by atoms with Crippen molar-refractivity contribution in [2.45, 2.75) is 0 Å². The Morgan fingerprint density at radius 1 is 0.326 bits per heavy atom. The van der Waals surface area contributed by atoms with E-state index >= 15 is 0 Å². The molecule has 0 radical (unpaired) electrons. The highest BCUT2D eigenvalue weighted by molar-refractivity contribution is 7.04. The van der Waals surface area contributed by atoms with Crippen molar-refractivity contribution in [3.8, 4) is 22.3 Å². The van der Waals surface area contributed by atoms with Gasteiger partial charge >= 0.3 is 0 Å². The van der Waals surface area contributed by atoms with Gasteiger partial charge in [0.25, 0.3) is 0 Å². The largest absolute Gasteiger partial charge is 0.457 e. The van der Waals surface area contributed by atoms with Gasteiger partial charge in [-0.2, -0.15) is 0 Å². The summed E-state index contributed by atoms with van der Waals surface area (Å²) in [5, 5.41) is 4.54. The topological polar surface area (TPSA) is 26.3 Å². The van der Waals surface area contributed by atoms with Crippen LogP contribution in [0.25, 0.3) is 66.1 Å². The summed E-state index contributed by atoms with van der Waals surface area (Å²) in [5.41, 5.74) is 16.5. The maximum absolute atomic E-state index is 7.09. The van der Waals surface area contributed by atoms with Gasteiger partial charge in [-0.25, -0.2) is 0 Å². The van der Waals surface area contributed by atoms with Crippen LogP contribution in [0, 0.1) is 0 Å². The normalized spacial score (nSPS) is 13.1. The van der Waals surface area contributed by atoms with Crippen molar-refractivity contribution in [3.05, 3.63) is 146 Å². The summed E-state index contributed by atoms with van der Waals surface area (Å²) in [6.45, 7) is -0.00709. The summed E-state index contributed by atoms with van der Waals surface area (Å²) < 4.78 is 14.2. The first-order valence-corrected chi connectivity index (χ1v) is 16.0. The minimum Gasteiger partial charge on any atom is -0.457 e. The van der Waals surface area contributed by atoms with Crippen LogP contribution in [0.1, 0.15) is 0 Å². The van der Waals surface area contributed by atoms with E-state index < -0.39 is 0 Å². The molecular weight excluding hydrogens is 558 g/mol. The molecule has 7 aromatic carbocycles. The number of para-hydroxylation sites is 2. The maximum Gasteiger partial charge on any atom is 0.248 e. The van der Waals surface area contributed by atoms with Gasteiger partial charge in [-0.15, -0.1) is 0 Å². The highest BCUT2D eigenvalue weighted by atomic mass is 16.3. The van der Waals surface area contributed by atoms with Crippen LogP contribution in [0.4, 0.5) is 0 Å². The Kier molecular flexibility index (Phi) is 4.77. The van der Waals surface area contributed by atoms with Crippen LogP contribution >= 0.6 is 0 Å². The number of hydrogen-bond acceptors (Lipinski definition) is 2. The number of rotatable bonds is 2. The fourth-order valence-electron chi connectivity index (χ4n) is 8.72. The van der Waals surface area contributed by atoms with Crippen LogP contribution in [0.3, 0.4) is 0 Å². The Morgan fingerprint density at radius 2 is 0.630 bits per heavy atom. The standard InChI is InChI=1S/C42H24B2O2/c1-7-19-31-25(13-1)26-14-2-8-20-32(26)43(31)39-37-29-17-5-11-23-35(29)46-42(37)40(38-30-18-6-12-24-36(30)45-41(38)39)44-33-21-9-3-15-27(33)28-16-4-10-22-34(28)44/h1-24H. The average Bonchev–Trinajstić information content (AvgIpc) is 3.86. The number of furan rings is 2. The van der Waals surface area contributed by atoms with E-state index in [2.05, 4.69) is 146 Å². The Morgan fingerprint density at radius 3 is 1.00 bits per heavy atom. The van der Waals surface area contributed by atoms with E-state index in [9.17, 15) is 0 Å². The van der Waals surface area contributed by atoms with E-state index in [1.165, 1.54) is 55.0 Å². The predicted octanol–water partition coefficient (Wildman–Crippen LogP) is 6.48. The van der Waals surface area contributed by atoms with Crippen LogP contribution < -0.4 is 32.8 Å². The zero-order chi connectivity index (χ0) is 29.9. The first-order chi connectivity index (χ1) is 22.9. The molecule has 0 saturated heterocycles. The smallest absolute Gasteiger partial charge is 0.248 e. The van der Waals surface area contributed by atoms with Gasteiger partial charge in [-0.3, -0.25) is 0 Å². The third-order valence-electron chi connectivity index (χ3n) is 10.5. The van der Waals surface area contributed by atoms with Gasteiger partial charge in [0, 0.05) is 21.5 Å². The second-order valence-corrected chi connectivity index (χ2v) is 12.6. The van der Waals surface area contributed by atoms with Crippen molar-refractivity contribution in [1.29, 1.82) is 0 Å². The highest BCUT2D eigenvalue weighted by Crippen LogP contribution is 2.37. The SMILES string of the molecule is c1ccc2c(c1)B(c1c3oc4ccccc4c3c(B3c4ccccc4-c4ccccc43)c3oc4ccccc4c13)c1ccccc1-2. The first kappa shape index (κ1) is 24.6. The predicted molar refractivity (Wildman–Crippen MR) is 194 cm³/mol. The summed E-state index contributed by atoms with van der Waals surface area (Å²) in [6.07, 6.45) is 0. The molecule has 0 fully saturated rings. The summed E-state index contributed by atoms with van der Waals surface area (Å²) >= 11 is 0. The molecule has 4 heterocycles. The molecule has 2 aromatic heterocycles. The Hall–Kier alpha value is -5.73. The van der Waals surface area contributed by atoms with Crippen molar-refractivity contribution in [2.24, 2.45) is 0 Å². The third kappa shape index (κ3) is 3.04. The molecule has 0 N–H and O–H groups in total. The molecule has 2 aliphatic rings. The number of fused-ring (bicyclic) bond motifs is 12. The zero-order valence-corrected chi connectivity index (χ0v) is 24.8. The fourth-order valence-corrected chi connectivity index (χ4v) is 8.72. The van der Waals surface area contributed by atoms with E-state index in [0.29, 0.717) is 0 Å². The maximum atomic E-state index is 7.09. The monoisotopic (exact) mass is 582 g/mol. The summed E-state index contributed by atoms with van der Waals surface area (Å²) in [6, 6.07) is 52.5. The lowest BCUT2D eigenvalue weighted by Crippen LogP contribution is -2.52. The molecule has 4 heteroatoms. The van der Waals surface area contributed by atoms with Crippen LogP contribution in [0.2, 0.25) is 0 Å². The summed E-state index contributed by atoms with van der Waals surface area (Å²) in [5.74, 6) is 0. The van der Waals surface area contributed by atoms with Crippen molar-refractivity contribution in [1.82, 2.24) is 0 Å². The lowest BCUT2D eigenvalue weighted by atomic mass is 9.35. The minimum absolute atomic E-state index is 0.00355.